The standard InChI is InChI=1S/C16H16F3N5O3/c1-3-27-14-13(25)24(15(26)23(14)2)12-4-11(16(17,18)19)10(7-22-12)9-5-20-8-21-6-9/h4-8,13-14,25H,3H2,1-2H3. The summed E-state index contributed by atoms with van der Waals surface area (Å²) in [4.78, 5) is 25.6. The highest BCUT2D eigenvalue weighted by Gasteiger charge is 2.46. The van der Waals surface area contributed by atoms with Crippen molar-refractivity contribution in [3.63, 3.8) is 0 Å². The van der Waals surface area contributed by atoms with Gasteiger partial charge in [0.2, 0.25) is 0 Å². The number of alkyl halides is 3. The number of aromatic nitrogens is 3. The Hall–Kier alpha value is -2.79. The van der Waals surface area contributed by atoms with Gasteiger partial charge in [-0.25, -0.2) is 24.6 Å². The Kier molecular flexibility index (Phi) is 4.98. The highest BCUT2D eigenvalue weighted by atomic mass is 19.4. The molecule has 1 fully saturated rings. The Morgan fingerprint density at radius 3 is 2.52 bits per heavy atom. The van der Waals surface area contributed by atoms with Crippen LogP contribution < -0.4 is 4.90 Å². The molecule has 2 unspecified atom stereocenters. The number of nitrogens with zero attached hydrogens (tertiary/aromatic N) is 5. The van der Waals surface area contributed by atoms with Gasteiger partial charge in [0.25, 0.3) is 0 Å². The summed E-state index contributed by atoms with van der Waals surface area (Å²) < 4.78 is 46.1. The van der Waals surface area contributed by atoms with Crippen molar-refractivity contribution in [3.8, 4) is 11.1 Å². The second-order valence-electron chi connectivity index (χ2n) is 5.74. The predicted molar refractivity (Wildman–Crippen MR) is 87.3 cm³/mol. The van der Waals surface area contributed by atoms with Gasteiger partial charge in [-0.15, -0.1) is 0 Å². The zero-order valence-corrected chi connectivity index (χ0v) is 14.4. The van der Waals surface area contributed by atoms with E-state index in [1.54, 1.807) is 6.92 Å². The summed E-state index contributed by atoms with van der Waals surface area (Å²) >= 11 is 0. The molecule has 2 aromatic rings. The summed E-state index contributed by atoms with van der Waals surface area (Å²) in [7, 11) is 1.38. The van der Waals surface area contributed by atoms with Crippen LogP contribution in [-0.2, 0) is 10.9 Å². The highest BCUT2D eigenvalue weighted by molar-refractivity contribution is 5.94. The average molecular weight is 383 g/mol. The number of amides is 2. The van der Waals surface area contributed by atoms with Crippen molar-refractivity contribution >= 4 is 11.8 Å². The SMILES string of the molecule is CCOC1C(O)N(c2cc(C(F)(F)F)c(-c3cncnc3)cn2)C(=O)N1C. The Balaban J connectivity index is 2.07. The first-order valence-electron chi connectivity index (χ1n) is 7.94. The molecule has 1 aliphatic rings. The lowest BCUT2D eigenvalue weighted by atomic mass is 10.0. The number of carbonyl (C=O) groups excluding carboxylic acids is 1. The molecular formula is C16H16F3N5O3. The highest BCUT2D eigenvalue weighted by Crippen LogP contribution is 2.39. The normalized spacial score (nSPS) is 20.4. The van der Waals surface area contributed by atoms with Gasteiger partial charge in [-0.05, 0) is 13.0 Å². The lowest BCUT2D eigenvalue weighted by Crippen LogP contribution is -2.38. The lowest BCUT2D eigenvalue weighted by molar-refractivity contribution is -0.137. The van der Waals surface area contributed by atoms with Crippen LogP contribution in [-0.4, -0.2) is 57.1 Å². The van der Waals surface area contributed by atoms with E-state index in [9.17, 15) is 23.1 Å². The number of aliphatic hydroxyl groups is 1. The maximum atomic E-state index is 13.6. The predicted octanol–water partition coefficient (Wildman–Crippen LogP) is 2.11. The molecule has 3 rings (SSSR count). The number of hydrogen-bond acceptors (Lipinski definition) is 6. The summed E-state index contributed by atoms with van der Waals surface area (Å²) in [5.74, 6) is -0.338. The molecule has 2 atom stereocenters. The van der Waals surface area contributed by atoms with Crippen molar-refractivity contribution in [1.82, 2.24) is 19.9 Å². The topological polar surface area (TPSA) is 91.7 Å². The summed E-state index contributed by atoms with van der Waals surface area (Å²) in [6.45, 7) is 1.88. The minimum absolute atomic E-state index is 0.126. The third-order valence-corrected chi connectivity index (χ3v) is 4.06. The van der Waals surface area contributed by atoms with E-state index in [2.05, 4.69) is 15.0 Å². The monoisotopic (exact) mass is 383 g/mol. The van der Waals surface area contributed by atoms with E-state index < -0.39 is 30.2 Å². The van der Waals surface area contributed by atoms with E-state index in [0.717, 1.165) is 16.0 Å². The molecule has 2 aromatic heterocycles. The minimum Gasteiger partial charge on any atom is -0.369 e. The van der Waals surface area contributed by atoms with Crippen molar-refractivity contribution in [3.05, 3.63) is 36.5 Å². The van der Waals surface area contributed by atoms with Crippen LogP contribution in [0.2, 0.25) is 0 Å². The first kappa shape index (κ1) is 19.0. The van der Waals surface area contributed by atoms with Crippen LogP contribution in [0.15, 0.2) is 31.0 Å². The number of halogens is 3. The number of pyridine rings is 1. The van der Waals surface area contributed by atoms with Crippen LogP contribution in [0.1, 0.15) is 12.5 Å². The number of rotatable bonds is 4. The molecule has 8 nitrogen and oxygen atoms in total. The van der Waals surface area contributed by atoms with Crippen LogP contribution in [0.25, 0.3) is 11.1 Å². The van der Waals surface area contributed by atoms with Gasteiger partial charge in [0.05, 0.1) is 5.56 Å². The van der Waals surface area contributed by atoms with Crippen molar-refractivity contribution in [2.45, 2.75) is 25.6 Å². The number of ether oxygens (including phenoxy) is 1. The van der Waals surface area contributed by atoms with Crippen molar-refractivity contribution in [1.29, 1.82) is 0 Å². The van der Waals surface area contributed by atoms with Gasteiger partial charge in [0, 0.05) is 43.4 Å². The fourth-order valence-corrected chi connectivity index (χ4v) is 2.80. The van der Waals surface area contributed by atoms with Gasteiger partial charge >= 0.3 is 12.2 Å². The molecule has 1 N–H and O–H groups in total. The summed E-state index contributed by atoms with van der Waals surface area (Å²) in [5.41, 5.74) is -1.13. The zero-order valence-electron chi connectivity index (χ0n) is 14.4. The number of aliphatic hydroxyl groups excluding tert-OH is 1. The Morgan fingerprint density at radius 1 is 1.26 bits per heavy atom. The maximum Gasteiger partial charge on any atom is 0.417 e. The molecule has 0 aliphatic carbocycles. The molecule has 11 heteroatoms. The fourth-order valence-electron chi connectivity index (χ4n) is 2.80. The van der Waals surface area contributed by atoms with Crippen LogP contribution in [0, 0.1) is 0 Å². The van der Waals surface area contributed by atoms with Crippen molar-refractivity contribution < 1.29 is 27.8 Å². The van der Waals surface area contributed by atoms with Gasteiger partial charge in [-0.2, -0.15) is 13.2 Å². The molecule has 2 amide bonds. The molecule has 144 valence electrons. The first-order valence-corrected chi connectivity index (χ1v) is 7.94. The second-order valence-corrected chi connectivity index (χ2v) is 5.74. The molecule has 1 saturated heterocycles. The number of carbonyl (C=O) groups is 1. The Morgan fingerprint density at radius 2 is 1.93 bits per heavy atom. The zero-order chi connectivity index (χ0) is 19.8. The fraction of sp³-hybridized carbons (Fsp3) is 0.375. The van der Waals surface area contributed by atoms with Gasteiger partial charge in [-0.3, -0.25) is 4.90 Å². The Bertz CT molecular complexity index is 834. The summed E-state index contributed by atoms with van der Waals surface area (Å²) in [5, 5.41) is 10.4. The molecule has 0 bridgehead atoms. The first-order chi connectivity index (χ1) is 12.8. The Labute approximate surface area is 152 Å². The van der Waals surface area contributed by atoms with E-state index in [0.29, 0.717) is 6.07 Å². The largest absolute Gasteiger partial charge is 0.417 e. The molecule has 27 heavy (non-hydrogen) atoms. The van der Waals surface area contributed by atoms with Gasteiger partial charge in [0.1, 0.15) is 12.1 Å². The number of urea groups is 1. The van der Waals surface area contributed by atoms with Crippen molar-refractivity contribution in [2.75, 3.05) is 18.6 Å². The van der Waals surface area contributed by atoms with E-state index in [-0.39, 0.29) is 23.6 Å². The number of hydrogen-bond donors (Lipinski definition) is 1. The van der Waals surface area contributed by atoms with E-state index in [4.69, 9.17) is 4.74 Å². The smallest absolute Gasteiger partial charge is 0.369 e. The van der Waals surface area contributed by atoms with E-state index in [1.165, 1.54) is 25.8 Å². The van der Waals surface area contributed by atoms with Gasteiger partial charge in [0.15, 0.2) is 12.5 Å². The van der Waals surface area contributed by atoms with Crippen LogP contribution in [0.5, 0.6) is 0 Å². The van der Waals surface area contributed by atoms with Crippen LogP contribution in [0.3, 0.4) is 0 Å². The van der Waals surface area contributed by atoms with Gasteiger partial charge in [-0.1, -0.05) is 0 Å². The third-order valence-electron chi connectivity index (χ3n) is 4.06. The molecular weight excluding hydrogens is 367 g/mol. The quantitative estimate of drug-likeness (QED) is 0.870. The van der Waals surface area contributed by atoms with E-state index >= 15 is 0 Å². The summed E-state index contributed by atoms with van der Waals surface area (Å²) in [6, 6.07) is -0.0108. The van der Waals surface area contributed by atoms with E-state index in [1.807, 2.05) is 0 Å². The van der Waals surface area contributed by atoms with Crippen LogP contribution in [0.4, 0.5) is 23.8 Å². The molecule has 3 heterocycles. The second kappa shape index (κ2) is 7.08. The molecule has 0 spiro atoms. The molecule has 0 aromatic carbocycles. The summed E-state index contributed by atoms with van der Waals surface area (Å²) in [6.07, 6.45) is -2.60. The maximum absolute atomic E-state index is 13.6. The molecule has 1 aliphatic heterocycles. The molecule has 0 radical (unpaired) electrons. The average Bonchev–Trinajstić information content (AvgIpc) is 2.85. The number of anilines is 1. The van der Waals surface area contributed by atoms with Crippen molar-refractivity contribution in [2.24, 2.45) is 0 Å². The third kappa shape index (κ3) is 3.43. The van der Waals surface area contributed by atoms with Crippen LogP contribution >= 0.6 is 0 Å². The number of likely N-dealkylation sites (N-methyl/N-ethyl adjacent to an activating group) is 1. The lowest BCUT2D eigenvalue weighted by Gasteiger charge is -2.22. The minimum atomic E-state index is -4.72. The molecule has 0 saturated carbocycles. The van der Waals surface area contributed by atoms with Gasteiger partial charge < -0.3 is 9.84 Å².